The highest BCUT2D eigenvalue weighted by molar-refractivity contribution is 5.44. The fraction of sp³-hybridized carbons (Fsp3) is 0.625. The van der Waals surface area contributed by atoms with Crippen LogP contribution in [0.15, 0.2) is 18.2 Å². The van der Waals surface area contributed by atoms with Gasteiger partial charge in [-0.15, -0.1) is 0 Å². The third-order valence-corrected chi connectivity index (χ3v) is 4.75. The predicted octanol–water partition coefficient (Wildman–Crippen LogP) is 2.33. The molecular formula is C16H24N2O2. The number of fused-ring (bicyclic) bond motifs is 1. The minimum absolute atomic E-state index is 0.0435. The van der Waals surface area contributed by atoms with E-state index in [0.29, 0.717) is 0 Å². The SMILES string of the molecule is CCN1CCC2(CC1)CC(N)c1cc(OC)ccc1O2. The smallest absolute Gasteiger partial charge is 0.125 e. The first-order valence-corrected chi connectivity index (χ1v) is 7.51. The molecular weight excluding hydrogens is 252 g/mol. The minimum atomic E-state index is -0.0628. The summed E-state index contributed by atoms with van der Waals surface area (Å²) in [5.74, 6) is 1.79. The summed E-state index contributed by atoms with van der Waals surface area (Å²) < 4.78 is 11.6. The number of benzene rings is 1. The largest absolute Gasteiger partial charge is 0.497 e. The summed E-state index contributed by atoms with van der Waals surface area (Å²) in [7, 11) is 1.68. The lowest BCUT2D eigenvalue weighted by molar-refractivity contribution is -0.0206. The van der Waals surface area contributed by atoms with Crippen molar-refractivity contribution in [3.63, 3.8) is 0 Å². The third-order valence-electron chi connectivity index (χ3n) is 4.75. The molecule has 20 heavy (non-hydrogen) atoms. The molecule has 1 unspecified atom stereocenters. The fourth-order valence-electron chi connectivity index (χ4n) is 3.40. The number of hydrogen-bond donors (Lipinski definition) is 1. The second kappa shape index (κ2) is 5.26. The normalized spacial score (nSPS) is 25.1. The van der Waals surface area contributed by atoms with E-state index in [1.165, 1.54) is 0 Å². The molecule has 110 valence electrons. The molecule has 1 aromatic carbocycles. The van der Waals surface area contributed by atoms with Crippen molar-refractivity contribution >= 4 is 0 Å². The van der Waals surface area contributed by atoms with Gasteiger partial charge in [-0.1, -0.05) is 6.92 Å². The van der Waals surface area contributed by atoms with Crippen LogP contribution in [0.2, 0.25) is 0 Å². The fourth-order valence-corrected chi connectivity index (χ4v) is 3.40. The van der Waals surface area contributed by atoms with Gasteiger partial charge in [-0.2, -0.15) is 0 Å². The first kappa shape index (κ1) is 13.7. The van der Waals surface area contributed by atoms with Crippen LogP contribution in [0.25, 0.3) is 0 Å². The van der Waals surface area contributed by atoms with Gasteiger partial charge in [0.05, 0.1) is 7.11 Å². The van der Waals surface area contributed by atoms with Gasteiger partial charge in [-0.25, -0.2) is 0 Å². The van der Waals surface area contributed by atoms with Gasteiger partial charge in [-0.05, 0) is 37.6 Å². The molecule has 4 heteroatoms. The summed E-state index contributed by atoms with van der Waals surface area (Å²) in [4.78, 5) is 2.48. The molecule has 2 heterocycles. The first-order valence-electron chi connectivity index (χ1n) is 7.51. The summed E-state index contributed by atoms with van der Waals surface area (Å²) in [5.41, 5.74) is 7.41. The van der Waals surface area contributed by atoms with Gasteiger partial charge in [-0.3, -0.25) is 0 Å². The van der Waals surface area contributed by atoms with Crippen LogP contribution in [-0.4, -0.2) is 37.2 Å². The third kappa shape index (κ3) is 2.38. The van der Waals surface area contributed by atoms with Crippen LogP contribution in [0.4, 0.5) is 0 Å². The maximum Gasteiger partial charge on any atom is 0.125 e. The molecule has 2 aliphatic rings. The number of methoxy groups -OCH3 is 1. The van der Waals surface area contributed by atoms with E-state index in [0.717, 1.165) is 56.0 Å². The van der Waals surface area contributed by atoms with E-state index in [4.69, 9.17) is 15.2 Å². The number of rotatable bonds is 2. The zero-order chi connectivity index (χ0) is 14.2. The molecule has 0 aromatic heterocycles. The Bertz CT molecular complexity index is 481. The second-order valence-corrected chi connectivity index (χ2v) is 5.93. The van der Waals surface area contributed by atoms with Crippen LogP contribution >= 0.6 is 0 Å². The zero-order valence-corrected chi connectivity index (χ0v) is 12.4. The van der Waals surface area contributed by atoms with E-state index in [1.807, 2.05) is 18.2 Å². The van der Waals surface area contributed by atoms with E-state index in [9.17, 15) is 0 Å². The average molecular weight is 276 g/mol. The van der Waals surface area contributed by atoms with E-state index in [1.54, 1.807) is 7.11 Å². The van der Waals surface area contributed by atoms with E-state index in [-0.39, 0.29) is 11.6 Å². The molecule has 3 rings (SSSR count). The molecule has 1 fully saturated rings. The molecule has 2 N–H and O–H groups in total. The van der Waals surface area contributed by atoms with Crippen LogP contribution in [0.3, 0.4) is 0 Å². The van der Waals surface area contributed by atoms with Gasteiger partial charge in [0.15, 0.2) is 0 Å². The quantitative estimate of drug-likeness (QED) is 0.900. The average Bonchev–Trinajstić information content (AvgIpc) is 2.48. The zero-order valence-electron chi connectivity index (χ0n) is 12.4. The van der Waals surface area contributed by atoms with Crippen molar-refractivity contribution in [3.05, 3.63) is 23.8 Å². The van der Waals surface area contributed by atoms with Crippen molar-refractivity contribution in [1.29, 1.82) is 0 Å². The van der Waals surface area contributed by atoms with Gasteiger partial charge < -0.3 is 20.1 Å². The van der Waals surface area contributed by atoms with Crippen molar-refractivity contribution in [2.45, 2.75) is 37.8 Å². The van der Waals surface area contributed by atoms with Crippen LogP contribution in [0.1, 0.15) is 37.8 Å². The predicted molar refractivity (Wildman–Crippen MR) is 79.2 cm³/mol. The Morgan fingerprint density at radius 1 is 1.40 bits per heavy atom. The lowest BCUT2D eigenvalue weighted by atomic mass is 9.81. The molecule has 1 saturated heterocycles. The van der Waals surface area contributed by atoms with Crippen molar-refractivity contribution in [3.8, 4) is 11.5 Å². The number of nitrogens with two attached hydrogens (primary N) is 1. The lowest BCUT2D eigenvalue weighted by Crippen LogP contribution is -2.51. The molecule has 1 aromatic rings. The van der Waals surface area contributed by atoms with Crippen LogP contribution in [0, 0.1) is 0 Å². The number of piperidine rings is 1. The number of likely N-dealkylation sites (tertiary alicyclic amines) is 1. The maximum absolute atomic E-state index is 6.39. The number of hydrogen-bond acceptors (Lipinski definition) is 4. The molecule has 2 aliphatic heterocycles. The van der Waals surface area contributed by atoms with Crippen molar-refractivity contribution < 1.29 is 9.47 Å². The topological polar surface area (TPSA) is 47.7 Å². The Balaban J connectivity index is 1.82. The van der Waals surface area contributed by atoms with Gasteiger partial charge in [0.1, 0.15) is 17.1 Å². The van der Waals surface area contributed by atoms with Gasteiger partial charge in [0.2, 0.25) is 0 Å². The highest BCUT2D eigenvalue weighted by Gasteiger charge is 2.42. The lowest BCUT2D eigenvalue weighted by Gasteiger charge is -2.46. The standard InChI is InChI=1S/C16H24N2O2/c1-3-18-8-6-16(7-9-18)11-14(17)13-10-12(19-2)4-5-15(13)20-16/h4-5,10,14H,3,6-9,11,17H2,1-2H3. The summed E-state index contributed by atoms with van der Waals surface area (Å²) >= 11 is 0. The molecule has 1 atom stereocenters. The Labute approximate surface area is 120 Å². The van der Waals surface area contributed by atoms with E-state index in [2.05, 4.69) is 11.8 Å². The summed E-state index contributed by atoms with van der Waals surface area (Å²) in [6.07, 6.45) is 3.05. The Kier molecular flexibility index (Phi) is 3.61. The summed E-state index contributed by atoms with van der Waals surface area (Å²) in [6, 6.07) is 6.00. The van der Waals surface area contributed by atoms with Crippen molar-refractivity contribution in [2.75, 3.05) is 26.7 Å². The Morgan fingerprint density at radius 2 is 2.15 bits per heavy atom. The second-order valence-electron chi connectivity index (χ2n) is 5.93. The minimum Gasteiger partial charge on any atom is -0.497 e. The Hall–Kier alpha value is -1.26. The molecule has 1 spiro atoms. The number of ether oxygens (including phenoxy) is 2. The van der Waals surface area contributed by atoms with Crippen LogP contribution in [0.5, 0.6) is 11.5 Å². The molecule has 0 aliphatic carbocycles. The monoisotopic (exact) mass is 276 g/mol. The highest BCUT2D eigenvalue weighted by Crippen LogP contribution is 2.44. The number of nitrogens with zero attached hydrogens (tertiary/aromatic N) is 1. The maximum atomic E-state index is 6.39. The van der Waals surface area contributed by atoms with Crippen molar-refractivity contribution in [2.24, 2.45) is 5.73 Å². The molecule has 4 nitrogen and oxygen atoms in total. The Morgan fingerprint density at radius 3 is 2.80 bits per heavy atom. The molecule has 0 radical (unpaired) electrons. The van der Waals surface area contributed by atoms with E-state index >= 15 is 0 Å². The first-order chi connectivity index (χ1) is 9.65. The highest BCUT2D eigenvalue weighted by atomic mass is 16.5. The van der Waals surface area contributed by atoms with Gasteiger partial charge >= 0.3 is 0 Å². The van der Waals surface area contributed by atoms with Gasteiger partial charge in [0.25, 0.3) is 0 Å². The molecule has 0 amide bonds. The summed E-state index contributed by atoms with van der Waals surface area (Å²) in [6.45, 7) is 5.55. The summed E-state index contributed by atoms with van der Waals surface area (Å²) in [5, 5.41) is 0. The van der Waals surface area contributed by atoms with Gasteiger partial charge in [0, 0.05) is 31.1 Å². The van der Waals surface area contributed by atoms with Crippen LogP contribution in [-0.2, 0) is 0 Å². The molecule has 0 bridgehead atoms. The van der Waals surface area contributed by atoms with Crippen molar-refractivity contribution in [1.82, 2.24) is 4.90 Å². The van der Waals surface area contributed by atoms with E-state index < -0.39 is 0 Å². The molecule has 0 saturated carbocycles. The van der Waals surface area contributed by atoms with Crippen LogP contribution < -0.4 is 15.2 Å².